The van der Waals surface area contributed by atoms with Gasteiger partial charge in [0.2, 0.25) is 0 Å². The van der Waals surface area contributed by atoms with E-state index in [0.29, 0.717) is 11.8 Å². The van der Waals surface area contributed by atoms with Crippen LogP contribution in [0.2, 0.25) is 0 Å². The number of aliphatic hydroxyl groups excluding tert-OH is 1. The predicted octanol–water partition coefficient (Wildman–Crippen LogP) is 3.66. The molecule has 2 heteroatoms. The molecule has 2 saturated carbocycles. The fourth-order valence-corrected chi connectivity index (χ4v) is 4.32. The highest BCUT2D eigenvalue weighted by Crippen LogP contribution is 2.54. The Labute approximate surface area is 129 Å². The molecule has 0 heterocycles. The Kier molecular flexibility index (Phi) is 4.11. The molecule has 3 unspecified atom stereocenters. The summed E-state index contributed by atoms with van der Waals surface area (Å²) in [5.41, 5.74) is 1.40. The van der Waals surface area contributed by atoms with Gasteiger partial charge in [0.15, 0.2) is 0 Å². The van der Waals surface area contributed by atoms with Crippen molar-refractivity contribution in [2.75, 3.05) is 14.1 Å². The van der Waals surface area contributed by atoms with E-state index in [4.69, 9.17) is 0 Å². The molecule has 1 N–H and O–H groups in total. The molecule has 116 valence electrons. The molecule has 0 saturated heterocycles. The van der Waals surface area contributed by atoms with Crippen molar-refractivity contribution in [2.45, 2.75) is 56.6 Å². The summed E-state index contributed by atoms with van der Waals surface area (Å²) in [5, 5.41) is 11.1. The van der Waals surface area contributed by atoms with Gasteiger partial charge in [-0.2, -0.15) is 0 Å². The average molecular weight is 287 g/mol. The molecule has 21 heavy (non-hydrogen) atoms. The summed E-state index contributed by atoms with van der Waals surface area (Å²) in [4.78, 5) is 2.31. The zero-order valence-corrected chi connectivity index (χ0v) is 13.6. The second kappa shape index (κ2) is 5.73. The van der Waals surface area contributed by atoms with Crippen molar-refractivity contribution in [3.63, 3.8) is 0 Å². The zero-order chi connectivity index (χ0) is 15.0. The summed E-state index contributed by atoms with van der Waals surface area (Å²) in [7, 11) is 4.30. The van der Waals surface area contributed by atoms with Gasteiger partial charge in [-0.25, -0.2) is 0 Å². The minimum Gasteiger partial charge on any atom is -0.391 e. The minimum absolute atomic E-state index is 0.000701. The smallest absolute Gasteiger partial charge is 0.0757 e. The third kappa shape index (κ3) is 2.76. The molecule has 0 spiro atoms. The predicted molar refractivity (Wildman–Crippen MR) is 87.3 cm³/mol. The third-order valence-electron chi connectivity index (χ3n) is 6.05. The van der Waals surface area contributed by atoms with Crippen LogP contribution in [0.25, 0.3) is 0 Å². The first-order valence-electron chi connectivity index (χ1n) is 8.45. The quantitative estimate of drug-likeness (QED) is 0.913. The number of nitrogens with zero attached hydrogens (tertiary/aromatic N) is 1. The lowest BCUT2D eigenvalue weighted by Gasteiger charge is -2.48. The highest BCUT2D eigenvalue weighted by molar-refractivity contribution is 5.27. The van der Waals surface area contributed by atoms with Gasteiger partial charge in [0.1, 0.15) is 0 Å². The van der Waals surface area contributed by atoms with E-state index in [1.807, 2.05) is 0 Å². The van der Waals surface area contributed by atoms with Crippen LogP contribution in [0, 0.1) is 11.8 Å². The van der Waals surface area contributed by atoms with E-state index in [2.05, 4.69) is 56.3 Å². The van der Waals surface area contributed by atoms with Crippen LogP contribution in [0.15, 0.2) is 30.3 Å². The van der Waals surface area contributed by atoms with Crippen molar-refractivity contribution in [3.8, 4) is 0 Å². The molecular formula is C19H29NO. The van der Waals surface area contributed by atoms with Crippen LogP contribution in [-0.4, -0.2) is 35.7 Å². The molecule has 2 nitrogen and oxygen atoms in total. The van der Waals surface area contributed by atoms with Gasteiger partial charge >= 0.3 is 0 Å². The number of aliphatic hydroxyl groups is 1. The molecule has 3 atom stereocenters. The molecule has 0 aromatic heterocycles. The molecule has 0 bridgehead atoms. The number of rotatable bonds is 4. The summed E-state index contributed by atoms with van der Waals surface area (Å²) in [6, 6.07) is 10.7. The lowest BCUT2D eigenvalue weighted by molar-refractivity contribution is -0.0505. The molecule has 0 aliphatic heterocycles. The standard InChI is InChI=1S/C19H29NO/c1-14-9-11-19(12-10-14,20(2)3)18(21)17-13-16(17)15-7-5-4-6-8-15/h4-8,14,16-18,21H,9-13H2,1-3H3. The molecule has 2 fully saturated rings. The van der Waals surface area contributed by atoms with Crippen LogP contribution >= 0.6 is 0 Å². The lowest BCUT2D eigenvalue weighted by atomic mass is 9.71. The van der Waals surface area contributed by atoms with Gasteiger partial charge in [0.05, 0.1) is 6.10 Å². The molecule has 2 aliphatic rings. The van der Waals surface area contributed by atoms with Gasteiger partial charge in [-0.15, -0.1) is 0 Å². The summed E-state index contributed by atoms with van der Waals surface area (Å²) in [6.45, 7) is 2.34. The number of benzene rings is 1. The Hall–Kier alpha value is -0.860. The fourth-order valence-electron chi connectivity index (χ4n) is 4.32. The third-order valence-corrected chi connectivity index (χ3v) is 6.05. The van der Waals surface area contributed by atoms with E-state index in [-0.39, 0.29) is 11.6 Å². The second-order valence-electron chi connectivity index (χ2n) is 7.54. The first kappa shape index (κ1) is 15.1. The van der Waals surface area contributed by atoms with Crippen molar-refractivity contribution in [3.05, 3.63) is 35.9 Å². The molecule has 3 rings (SSSR count). The van der Waals surface area contributed by atoms with Gasteiger partial charge in [0.25, 0.3) is 0 Å². The van der Waals surface area contributed by atoms with Crippen molar-refractivity contribution >= 4 is 0 Å². The van der Waals surface area contributed by atoms with Crippen molar-refractivity contribution < 1.29 is 5.11 Å². The van der Waals surface area contributed by atoms with Gasteiger partial charge < -0.3 is 10.0 Å². The summed E-state index contributed by atoms with van der Waals surface area (Å²) < 4.78 is 0. The maximum Gasteiger partial charge on any atom is 0.0757 e. The maximum absolute atomic E-state index is 11.1. The molecular weight excluding hydrogens is 258 g/mol. The van der Waals surface area contributed by atoms with E-state index in [0.717, 1.165) is 25.2 Å². The summed E-state index contributed by atoms with van der Waals surface area (Å²) in [5.74, 6) is 1.83. The van der Waals surface area contributed by atoms with Crippen LogP contribution in [-0.2, 0) is 0 Å². The van der Waals surface area contributed by atoms with Crippen molar-refractivity contribution in [2.24, 2.45) is 11.8 Å². The van der Waals surface area contributed by atoms with E-state index < -0.39 is 0 Å². The van der Waals surface area contributed by atoms with E-state index in [1.54, 1.807) is 0 Å². The number of hydrogen-bond donors (Lipinski definition) is 1. The summed E-state index contributed by atoms with van der Waals surface area (Å²) >= 11 is 0. The van der Waals surface area contributed by atoms with Crippen LogP contribution in [0.4, 0.5) is 0 Å². The molecule has 0 radical (unpaired) electrons. The van der Waals surface area contributed by atoms with Crippen LogP contribution in [0.5, 0.6) is 0 Å². The van der Waals surface area contributed by atoms with E-state index >= 15 is 0 Å². The average Bonchev–Trinajstić information content (AvgIpc) is 3.28. The van der Waals surface area contributed by atoms with Gasteiger partial charge in [0, 0.05) is 5.54 Å². The van der Waals surface area contributed by atoms with Crippen LogP contribution in [0.1, 0.15) is 50.5 Å². The Morgan fingerprint density at radius 1 is 1.14 bits per heavy atom. The highest BCUT2D eigenvalue weighted by atomic mass is 16.3. The first-order valence-corrected chi connectivity index (χ1v) is 8.45. The van der Waals surface area contributed by atoms with Gasteiger partial charge in [-0.3, -0.25) is 0 Å². The Morgan fingerprint density at radius 2 is 1.76 bits per heavy atom. The minimum atomic E-state index is -0.190. The Morgan fingerprint density at radius 3 is 2.33 bits per heavy atom. The normalized spacial score (nSPS) is 37.5. The van der Waals surface area contributed by atoms with E-state index in [1.165, 1.54) is 18.4 Å². The fraction of sp³-hybridized carbons (Fsp3) is 0.684. The monoisotopic (exact) mass is 287 g/mol. The second-order valence-corrected chi connectivity index (χ2v) is 7.54. The number of hydrogen-bond acceptors (Lipinski definition) is 2. The highest BCUT2D eigenvalue weighted by Gasteiger charge is 2.53. The van der Waals surface area contributed by atoms with Gasteiger partial charge in [-0.05, 0) is 69.5 Å². The van der Waals surface area contributed by atoms with Crippen molar-refractivity contribution in [1.29, 1.82) is 0 Å². The topological polar surface area (TPSA) is 23.5 Å². The molecule has 0 amide bonds. The molecule has 2 aliphatic carbocycles. The summed E-state index contributed by atoms with van der Waals surface area (Å²) in [6.07, 6.45) is 5.73. The van der Waals surface area contributed by atoms with Crippen molar-refractivity contribution in [1.82, 2.24) is 4.90 Å². The largest absolute Gasteiger partial charge is 0.391 e. The van der Waals surface area contributed by atoms with Crippen LogP contribution in [0.3, 0.4) is 0 Å². The number of likely N-dealkylation sites (N-methyl/N-ethyl adjacent to an activating group) is 1. The molecule has 1 aromatic rings. The zero-order valence-electron chi connectivity index (χ0n) is 13.6. The first-order chi connectivity index (χ1) is 10.0. The molecule has 1 aromatic carbocycles. The SMILES string of the molecule is CC1CCC(C(O)C2CC2c2ccccc2)(N(C)C)CC1. The Balaban J connectivity index is 1.73. The Bertz CT molecular complexity index is 462. The lowest BCUT2D eigenvalue weighted by Crippen LogP contribution is -2.56. The van der Waals surface area contributed by atoms with Crippen LogP contribution < -0.4 is 0 Å². The maximum atomic E-state index is 11.1. The van der Waals surface area contributed by atoms with E-state index in [9.17, 15) is 5.11 Å². The van der Waals surface area contributed by atoms with Gasteiger partial charge in [-0.1, -0.05) is 37.3 Å².